The quantitative estimate of drug-likeness (QED) is 0.630. The van der Waals surface area contributed by atoms with Crippen LogP contribution in [0, 0.1) is 0 Å². The zero-order chi connectivity index (χ0) is 19.9. The third-order valence-electron chi connectivity index (χ3n) is 5.56. The molecule has 5 heteroatoms. The number of hydrogen-bond donors (Lipinski definition) is 0. The van der Waals surface area contributed by atoms with Crippen molar-refractivity contribution in [3.8, 4) is 0 Å². The largest absolute Gasteiger partial charge is 0.341 e. The smallest absolute Gasteiger partial charge is 0.227 e. The number of carbonyl (C=O) groups is 2. The molecule has 0 bridgehead atoms. The number of ketones is 1. The molecule has 4 nitrogen and oxygen atoms in total. The Kier molecular flexibility index (Phi) is 7.40. The van der Waals surface area contributed by atoms with Gasteiger partial charge in [0.1, 0.15) is 0 Å². The van der Waals surface area contributed by atoms with Gasteiger partial charge in [0.2, 0.25) is 5.91 Å². The second kappa shape index (κ2) is 9.99. The average Bonchev–Trinajstić information content (AvgIpc) is 3.17. The first kappa shape index (κ1) is 20.7. The Morgan fingerprint density at radius 1 is 1.21 bits per heavy atom. The average molecular weight is 399 g/mol. The fourth-order valence-corrected chi connectivity index (χ4v) is 4.67. The van der Waals surface area contributed by atoms with Crippen molar-refractivity contribution >= 4 is 23.0 Å². The number of piperidine rings is 1. The molecule has 1 aliphatic heterocycles. The lowest BCUT2D eigenvalue weighted by Crippen LogP contribution is -2.49. The number of aryl methyl sites for hydroxylation is 1. The maximum atomic E-state index is 12.7. The predicted octanol–water partition coefficient (Wildman–Crippen LogP) is 4.05. The van der Waals surface area contributed by atoms with E-state index in [0.717, 1.165) is 55.8 Å². The summed E-state index contributed by atoms with van der Waals surface area (Å²) in [5.41, 5.74) is 2.34. The van der Waals surface area contributed by atoms with Gasteiger partial charge >= 0.3 is 0 Å². The Morgan fingerprint density at radius 2 is 2.00 bits per heavy atom. The molecule has 0 aliphatic carbocycles. The maximum absolute atomic E-state index is 12.7. The first-order valence-electron chi connectivity index (χ1n) is 10.1. The topological polar surface area (TPSA) is 40.6 Å². The Morgan fingerprint density at radius 3 is 2.71 bits per heavy atom. The molecule has 2 heterocycles. The van der Waals surface area contributed by atoms with Gasteiger partial charge in [-0.2, -0.15) is 0 Å². The number of amides is 1. The van der Waals surface area contributed by atoms with Crippen LogP contribution in [-0.4, -0.2) is 54.2 Å². The molecule has 0 saturated carbocycles. The summed E-state index contributed by atoms with van der Waals surface area (Å²) >= 11 is 1.43. The molecule has 1 amide bonds. The summed E-state index contributed by atoms with van der Waals surface area (Å²) in [6.45, 7) is 4.73. The number of carbonyl (C=O) groups excluding carboxylic acids is 2. The van der Waals surface area contributed by atoms with E-state index in [2.05, 4.69) is 35.2 Å². The second-order valence-electron chi connectivity index (χ2n) is 7.74. The Balaban J connectivity index is 1.46. The summed E-state index contributed by atoms with van der Waals surface area (Å²) in [4.78, 5) is 29.3. The number of rotatable bonds is 8. The van der Waals surface area contributed by atoms with E-state index in [0.29, 0.717) is 6.42 Å². The zero-order valence-corrected chi connectivity index (χ0v) is 17.7. The van der Waals surface area contributed by atoms with E-state index in [1.807, 2.05) is 23.4 Å². The molecule has 3 rings (SSSR count). The molecule has 1 aromatic heterocycles. The highest BCUT2D eigenvalue weighted by molar-refractivity contribution is 7.12. The van der Waals surface area contributed by atoms with Crippen molar-refractivity contribution in [2.24, 2.45) is 0 Å². The molecule has 28 heavy (non-hydrogen) atoms. The molecule has 0 N–H and O–H groups in total. The minimum Gasteiger partial charge on any atom is -0.341 e. The molecule has 0 unspecified atom stereocenters. The highest BCUT2D eigenvalue weighted by Crippen LogP contribution is 2.19. The van der Waals surface area contributed by atoms with Gasteiger partial charge in [0, 0.05) is 19.6 Å². The molecule has 1 aliphatic rings. The first-order valence-corrected chi connectivity index (χ1v) is 11.0. The van der Waals surface area contributed by atoms with Crippen molar-refractivity contribution in [2.75, 3.05) is 26.7 Å². The summed E-state index contributed by atoms with van der Waals surface area (Å²) in [7, 11) is 1.93. The monoisotopic (exact) mass is 398 g/mol. The SMILES string of the molecule is CC(=O)c1cc(CC(=O)N(C)[C@H]2CCCN(CCCc3ccccc3)C2)cs1. The Labute approximate surface area is 172 Å². The van der Waals surface area contributed by atoms with Crippen molar-refractivity contribution in [1.82, 2.24) is 9.80 Å². The Hall–Kier alpha value is -1.98. The van der Waals surface area contributed by atoms with Crippen LogP contribution < -0.4 is 0 Å². The fourth-order valence-electron chi connectivity index (χ4n) is 3.86. The van der Waals surface area contributed by atoms with Crippen LogP contribution in [0.4, 0.5) is 0 Å². The number of likely N-dealkylation sites (tertiary alicyclic amines) is 1. The van der Waals surface area contributed by atoms with Crippen LogP contribution in [0.5, 0.6) is 0 Å². The molecule has 0 radical (unpaired) electrons. The van der Waals surface area contributed by atoms with Crippen molar-refractivity contribution in [2.45, 2.75) is 45.1 Å². The molecule has 1 aromatic carbocycles. The number of thiophene rings is 1. The van der Waals surface area contributed by atoms with Crippen LogP contribution in [-0.2, 0) is 17.6 Å². The number of nitrogens with zero attached hydrogens (tertiary/aromatic N) is 2. The van der Waals surface area contributed by atoms with Crippen LogP contribution >= 0.6 is 11.3 Å². The third kappa shape index (κ3) is 5.76. The predicted molar refractivity (Wildman–Crippen MR) is 115 cm³/mol. The summed E-state index contributed by atoms with van der Waals surface area (Å²) in [6, 6.07) is 12.8. The second-order valence-corrected chi connectivity index (χ2v) is 8.65. The third-order valence-corrected chi connectivity index (χ3v) is 6.64. The van der Waals surface area contributed by atoms with E-state index in [4.69, 9.17) is 0 Å². The molecule has 2 aromatic rings. The van der Waals surface area contributed by atoms with Crippen molar-refractivity contribution in [3.05, 3.63) is 57.8 Å². The van der Waals surface area contributed by atoms with Gasteiger partial charge in [-0.05, 0) is 68.3 Å². The van der Waals surface area contributed by atoms with Gasteiger partial charge in [0.05, 0.1) is 11.3 Å². The number of benzene rings is 1. The lowest BCUT2D eigenvalue weighted by atomic mass is 10.0. The van der Waals surface area contributed by atoms with Gasteiger partial charge in [0.25, 0.3) is 0 Å². The maximum Gasteiger partial charge on any atom is 0.227 e. The molecular weight excluding hydrogens is 368 g/mol. The lowest BCUT2D eigenvalue weighted by molar-refractivity contribution is -0.132. The van der Waals surface area contributed by atoms with E-state index in [9.17, 15) is 9.59 Å². The molecule has 1 fully saturated rings. The first-order chi connectivity index (χ1) is 13.5. The van der Waals surface area contributed by atoms with Crippen LogP contribution in [0.25, 0.3) is 0 Å². The zero-order valence-electron chi connectivity index (χ0n) is 16.9. The highest BCUT2D eigenvalue weighted by Gasteiger charge is 2.26. The normalized spacial score (nSPS) is 17.4. The van der Waals surface area contributed by atoms with E-state index in [1.165, 1.54) is 16.9 Å². The van der Waals surface area contributed by atoms with Crippen molar-refractivity contribution in [1.29, 1.82) is 0 Å². The van der Waals surface area contributed by atoms with E-state index in [-0.39, 0.29) is 17.7 Å². The fraction of sp³-hybridized carbons (Fsp3) is 0.478. The standard InChI is InChI=1S/C23H30N2O2S/c1-18(26)22-14-20(17-28-22)15-23(27)24(2)21-11-7-13-25(16-21)12-6-10-19-8-4-3-5-9-19/h3-5,8-9,14,17,21H,6-7,10-13,15-16H2,1-2H3/t21-/m0/s1. The lowest BCUT2D eigenvalue weighted by Gasteiger charge is -2.37. The molecule has 0 spiro atoms. The summed E-state index contributed by atoms with van der Waals surface area (Å²) in [6.07, 6.45) is 4.84. The van der Waals surface area contributed by atoms with Gasteiger partial charge in [-0.25, -0.2) is 0 Å². The van der Waals surface area contributed by atoms with Crippen LogP contribution in [0.2, 0.25) is 0 Å². The summed E-state index contributed by atoms with van der Waals surface area (Å²) < 4.78 is 0. The summed E-state index contributed by atoms with van der Waals surface area (Å²) in [5.74, 6) is 0.208. The molecule has 1 saturated heterocycles. The highest BCUT2D eigenvalue weighted by atomic mass is 32.1. The van der Waals surface area contributed by atoms with Gasteiger partial charge in [-0.15, -0.1) is 11.3 Å². The van der Waals surface area contributed by atoms with Gasteiger partial charge in [-0.3, -0.25) is 9.59 Å². The van der Waals surface area contributed by atoms with Crippen molar-refractivity contribution in [3.63, 3.8) is 0 Å². The van der Waals surface area contributed by atoms with Crippen LogP contribution in [0.3, 0.4) is 0 Å². The molecule has 1 atom stereocenters. The Bertz CT molecular complexity index is 787. The number of hydrogen-bond acceptors (Lipinski definition) is 4. The van der Waals surface area contributed by atoms with Gasteiger partial charge in [-0.1, -0.05) is 30.3 Å². The number of likely N-dealkylation sites (N-methyl/N-ethyl adjacent to an activating group) is 1. The number of Topliss-reactive ketones (excluding diaryl/α,β-unsaturated/α-hetero) is 1. The van der Waals surface area contributed by atoms with Crippen LogP contribution in [0.1, 0.15) is 47.0 Å². The van der Waals surface area contributed by atoms with Gasteiger partial charge < -0.3 is 9.80 Å². The van der Waals surface area contributed by atoms with E-state index < -0.39 is 0 Å². The minimum atomic E-state index is 0.0653. The minimum absolute atomic E-state index is 0.0653. The molecule has 150 valence electrons. The molecular formula is C23H30N2O2S. The van der Waals surface area contributed by atoms with Crippen molar-refractivity contribution < 1.29 is 9.59 Å². The van der Waals surface area contributed by atoms with E-state index >= 15 is 0 Å². The van der Waals surface area contributed by atoms with Crippen LogP contribution in [0.15, 0.2) is 41.8 Å². The van der Waals surface area contributed by atoms with Gasteiger partial charge in [0.15, 0.2) is 5.78 Å². The van der Waals surface area contributed by atoms with E-state index in [1.54, 1.807) is 6.92 Å². The summed E-state index contributed by atoms with van der Waals surface area (Å²) in [5, 5.41) is 1.93.